The van der Waals surface area contributed by atoms with Crippen LogP contribution < -0.4 is 10.1 Å². The highest BCUT2D eigenvalue weighted by Gasteiger charge is 2.08. The van der Waals surface area contributed by atoms with E-state index in [1.807, 2.05) is 32.9 Å². The van der Waals surface area contributed by atoms with E-state index >= 15 is 0 Å². The molecule has 1 heterocycles. The predicted octanol–water partition coefficient (Wildman–Crippen LogP) is 3.22. The minimum absolute atomic E-state index is 0.715. The Labute approximate surface area is 107 Å². The highest BCUT2D eigenvalue weighted by molar-refractivity contribution is 5.51. The summed E-state index contributed by atoms with van der Waals surface area (Å²) < 4.78 is 10.4. The molecule has 0 saturated heterocycles. The summed E-state index contributed by atoms with van der Waals surface area (Å²) in [4.78, 5) is 0. The van der Waals surface area contributed by atoms with Gasteiger partial charge in [-0.05, 0) is 44.5 Å². The maximum Gasteiger partial charge on any atom is 0.138 e. The van der Waals surface area contributed by atoms with Crippen molar-refractivity contribution in [2.45, 2.75) is 27.3 Å². The SMILES string of the molecule is COc1ccc(NCc2c(C)noc2C)cc1C. The third kappa shape index (κ3) is 2.47. The molecule has 2 aromatic rings. The molecule has 18 heavy (non-hydrogen) atoms. The fraction of sp³-hybridized carbons (Fsp3) is 0.357. The summed E-state index contributed by atoms with van der Waals surface area (Å²) in [6.07, 6.45) is 0. The van der Waals surface area contributed by atoms with Crippen LogP contribution >= 0.6 is 0 Å². The van der Waals surface area contributed by atoms with E-state index in [1.54, 1.807) is 7.11 Å². The van der Waals surface area contributed by atoms with Crippen LogP contribution in [0, 0.1) is 20.8 Å². The average Bonchev–Trinajstić information content (AvgIpc) is 2.67. The summed E-state index contributed by atoms with van der Waals surface area (Å²) in [5, 5.41) is 7.30. The van der Waals surface area contributed by atoms with Crippen LogP contribution in [-0.4, -0.2) is 12.3 Å². The van der Waals surface area contributed by atoms with Gasteiger partial charge in [0.25, 0.3) is 0 Å². The van der Waals surface area contributed by atoms with Crippen LogP contribution in [0.25, 0.3) is 0 Å². The van der Waals surface area contributed by atoms with Gasteiger partial charge in [-0.2, -0.15) is 0 Å². The Kier molecular flexibility index (Phi) is 3.55. The normalized spacial score (nSPS) is 10.4. The predicted molar refractivity (Wildman–Crippen MR) is 71.0 cm³/mol. The van der Waals surface area contributed by atoms with Crippen LogP contribution in [0.1, 0.15) is 22.6 Å². The van der Waals surface area contributed by atoms with Crippen LogP contribution in [0.2, 0.25) is 0 Å². The van der Waals surface area contributed by atoms with E-state index in [0.717, 1.165) is 34.0 Å². The van der Waals surface area contributed by atoms with Gasteiger partial charge in [0, 0.05) is 17.8 Å². The second kappa shape index (κ2) is 5.12. The highest BCUT2D eigenvalue weighted by atomic mass is 16.5. The first-order valence-corrected chi connectivity index (χ1v) is 5.92. The molecule has 0 atom stereocenters. The zero-order valence-corrected chi connectivity index (χ0v) is 11.2. The molecule has 0 radical (unpaired) electrons. The number of hydrogen-bond acceptors (Lipinski definition) is 4. The Morgan fingerprint density at radius 2 is 2.06 bits per heavy atom. The van der Waals surface area contributed by atoms with Crippen LogP contribution in [0.4, 0.5) is 5.69 Å². The van der Waals surface area contributed by atoms with Gasteiger partial charge in [-0.1, -0.05) is 5.16 Å². The number of nitrogens with zero attached hydrogens (tertiary/aromatic N) is 1. The second-order valence-corrected chi connectivity index (χ2v) is 4.34. The van der Waals surface area contributed by atoms with E-state index in [4.69, 9.17) is 9.26 Å². The fourth-order valence-corrected chi connectivity index (χ4v) is 1.93. The molecule has 96 valence electrons. The topological polar surface area (TPSA) is 47.3 Å². The van der Waals surface area contributed by atoms with Gasteiger partial charge in [-0.25, -0.2) is 0 Å². The molecular weight excluding hydrogens is 228 g/mol. The second-order valence-electron chi connectivity index (χ2n) is 4.34. The Balaban J connectivity index is 2.09. The summed E-state index contributed by atoms with van der Waals surface area (Å²) in [7, 11) is 1.68. The van der Waals surface area contributed by atoms with Crippen LogP contribution in [0.5, 0.6) is 5.75 Å². The third-order valence-corrected chi connectivity index (χ3v) is 3.05. The number of ether oxygens (including phenoxy) is 1. The summed E-state index contributed by atoms with van der Waals surface area (Å²) in [5.74, 6) is 1.77. The lowest BCUT2D eigenvalue weighted by atomic mass is 10.1. The summed E-state index contributed by atoms with van der Waals surface area (Å²) in [6.45, 7) is 6.62. The van der Waals surface area contributed by atoms with Gasteiger partial charge in [0.2, 0.25) is 0 Å². The maximum absolute atomic E-state index is 5.24. The third-order valence-electron chi connectivity index (χ3n) is 3.05. The van der Waals surface area contributed by atoms with Crippen LogP contribution in [-0.2, 0) is 6.54 Å². The van der Waals surface area contributed by atoms with Gasteiger partial charge in [0.1, 0.15) is 11.5 Å². The van der Waals surface area contributed by atoms with Crippen molar-refractivity contribution >= 4 is 5.69 Å². The van der Waals surface area contributed by atoms with E-state index in [-0.39, 0.29) is 0 Å². The largest absolute Gasteiger partial charge is 0.496 e. The number of anilines is 1. The van der Waals surface area contributed by atoms with Crippen molar-refractivity contribution in [1.82, 2.24) is 5.16 Å². The van der Waals surface area contributed by atoms with Gasteiger partial charge >= 0.3 is 0 Å². The molecule has 0 aliphatic rings. The lowest BCUT2D eigenvalue weighted by Gasteiger charge is -2.09. The molecule has 0 amide bonds. The van der Waals surface area contributed by atoms with Crippen molar-refractivity contribution in [2.75, 3.05) is 12.4 Å². The molecule has 0 unspecified atom stereocenters. The van der Waals surface area contributed by atoms with Crippen molar-refractivity contribution < 1.29 is 9.26 Å². The number of aryl methyl sites for hydroxylation is 3. The quantitative estimate of drug-likeness (QED) is 0.899. The molecule has 4 heteroatoms. The first-order valence-electron chi connectivity index (χ1n) is 5.92. The van der Waals surface area contributed by atoms with Crippen molar-refractivity contribution in [3.05, 3.63) is 40.8 Å². The number of rotatable bonds is 4. The fourth-order valence-electron chi connectivity index (χ4n) is 1.93. The molecule has 0 fully saturated rings. The number of nitrogens with one attached hydrogen (secondary N) is 1. The first-order chi connectivity index (χ1) is 8.61. The van der Waals surface area contributed by atoms with E-state index in [9.17, 15) is 0 Å². The highest BCUT2D eigenvalue weighted by Crippen LogP contribution is 2.22. The molecule has 4 nitrogen and oxygen atoms in total. The molecule has 2 rings (SSSR count). The van der Waals surface area contributed by atoms with E-state index in [0.29, 0.717) is 6.54 Å². The lowest BCUT2D eigenvalue weighted by Crippen LogP contribution is -2.01. The van der Waals surface area contributed by atoms with E-state index in [2.05, 4.69) is 16.5 Å². The minimum Gasteiger partial charge on any atom is -0.496 e. The Hall–Kier alpha value is -1.97. The van der Waals surface area contributed by atoms with Crippen molar-refractivity contribution in [3.8, 4) is 5.75 Å². The Morgan fingerprint density at radius 1 is 1.28 bits per heavy atom. The molecule has 1 N–H and O–H groups in total. The molecule has 0 aliphatic heterocycles. The number of aromatic nitrogens is 1. The van der Waals surface area contributed by atoms with Gasteiger partial charge in [0.05, 0.1) is 12.8 Å². The molecule has 0 bridgehead atoms. The number of benzene rings is 1. The smallest absolute Gasteiger partial charge is 0.138 e. The van der Waals surface area contributed by atoms with Crippen molar-refractivity contribution in [1.29, 1.82) is 0 Å². The first kappa shape index (κ1) is 12.5. The van der Waals surface area contributed by atoms with Gasteiger partial charge in [-0.3, -0.25) is 0 Å². The molecule has 0 spiro atoms. The zero-order valence-electron chi connectivity index (χ0n) is 11.2. The lowest BCUT2D eigenvalue weighted by molar-refractivity contribution is 0.392. The van der Waals surface area contributed by atoms with Crippen LogP contribution in [0.3, 0.4) is 0 Å². The summed E-state index contributed by atoms with van der Waals surface area (Å²) in [6, 6.07) is 6.03. The van der Waals surface area contributed by atoms with E-state index < -0.39 is 0 Å². The van der Waals surface area contributed by atoms with Crippen LogP contribution in [0.15, 0.2) is 22.7 Å². The molecular formula is C14H18N2O2. The summed E-state index contributed by atoms with van der Waals surface area (Å²) in [5.41, 5.74) is 4.23. The number of methoxy groups -OCH3 is 1. The molecule has 1 aromatic carbocycles. The number of hydrogen-bond donors (Lipinski definition) is 1. The standard InChI is InChI=1S/C14H18N2O2/c1-9-7-12(5-6-14(9)17-4)15-8-13-10(2)16-18-11(13)3/h5-7,15H,8H2,1-4H3. The average molecular weight is 246 g/mol. The Morgan fingerprint density at radius 3 is 2.61 bits per heavy atom. The monoisotopic (exact) mass is 246 g/mol. The molecule has 0 aliphatic carbocycles. The van der Waals surface area contributed by atoms with Gasteiger partial charge in [-0.15, -0.1) is 0 Å². The van der Waals surface area contributed by atoms with Gasteiger partial charge in [0.15, 0.2) is 0 Å². The van der Waals surface area contributed by atoms with Gasteiger partial charge < -0.3 is 14.6 Å². The Bertz CT molecular complexity index is 527. The molecule has 0 saturated carbocycles. The van der Waals surface area contributed by atoms with E-state index in [1.165, 1.54) is 0 Å². The van der Waals surface area contributed by atoms with Crippen molar-refractivity contribution in [3.63, 3.8) is 0 Å². The minimum atomic E-state index is 0.715. The molecule has 1 aromatic heterocycles. The summed E-state index contributed by atoms with van der Waals surface area (Å²) >= 11 is 0. The van der Waals surface area contributed by atoms with Crippen molar-refractivity contribution in [2.24, 2.45) is 0 Å². The maximum atomic E-state index is 5.24. The zero-order chi connectivity index (χ0) is 13.1.